The van der Waals surface area contributed by atoms with Crippen LogP contribution in [0.4, 0.5) is 0 Å². The van der Waals surface area contributed by atoms with Crippen LogP contribution >= 0.6 is 0 Å². The number of nitrogens with two attached hydrogens (primary N) is 1. The Balaban J connectivity index is 2.78. The highest BCUT2D eigenvalue weighted by molar-refractivity contribution is 5.89. The van der Waals surface area contributed by atoms with Gasteiger partial charge < -0.3 is 10.6 Å². The Hall–Kier alpha value is -0.900. The van der Waals surface area contributed by atoms with Crippen molar-refractivity contribution in [3.05, 3.63) is 0 Å². The zero-order valence-electron chi connectivity index (χ0n) is 8.82. The summed E-state index contributed by atoms with van der Waals surface area (Å²) in [5, 5.41) is 0. The maximum atomic E-state index is 11.4. The van der Waals surface area contributed by atoms with Crippen LogP contribution in [-0.4, -0.2) is 35.7 Å². The van der Waals surface area contributed by atoms with Crippen molar-refractivity contribution in [2.75, 3.05) is 13.1 Å². The summed E-state index contributed by atoms with van der Waals surface area (Å²) in [6.07, 6.45) is 1.87. The molecular weight excluding hydrogens is 180 g/mol. The number of rotatable bonds is 3. The van der Waals surface area contributed by atoms with E-state index < -0.39 is 0 Å². The summed E-state index contributed by atoms with van der Waals surface area (Å²) in [6, 6.07) is -0.226. The van der Waals surface area contributed by atoms with Crippen molar-refractivity contribution in [1.29, 1.82) is 0 Å². The van der Waals surface area contributed by atoms with Crippen LogP contribution in [0.3, 0.4) is 0 Å². The van der Waals surface area contributed by atoms with Gasteiger partial charge in [-0.05, 0) is 19.3 Å². The van der Waals surface area contributed by atoms with Crippen LogP contribution in [0.15, 0.2) is 0 Å². The fraction of sp³-hybridized carbons (Fsp3) is 0.800. The number of carbonyl (C=O) groups is 2. The highest BCUT2D eigenvalue weighted by atomic mass is 16.2. The number of hydrogen-bond donors (Lipinski definition) is 1. The lowest BCUT2D eigenvalue weighted by Gasteiger charge is -2.25. The fourth-order valence-corrected chi connectivity index (χ4v) is 2.23. The van der Waals surface area contributed by atoms with Gasteiger partial charge in [0.25, 0.3) is 0 Å². The van der Waals surface area contributed by atoms with Crippen molar-refractivity contribution in [3.8, 4) is 0 Å². The second-order valence-corrected chi connectivity index (χ2v) is 3.80. The lowest BCUT2D eigenvalue weighted by Crippen LogP contribution is -2.44. The van der Waals surface area contributed by atoms with Crippen LogP contribution in [0.25, 0.3) is 0 Å². The van der Waals surface area contributed by atoms with Gasteiger partial charge in [0.1, 0.15) is 0 Å². The molecule has 1 rings (SSSR count). The number of hydrogen-bond acceptors (Lipinski definition) is 3. The van der Waals surface area contributed by atoms with Gasteiger partial charge in [-0.15, -0.1) is 0 Å². The third-order valence-electron chi connectivity index (χ3n) is 2.96. The summed E-state index contributed by atoms with van der Waals surface area (Å²) < 4.78 is 0. The maximum Gasteiger partial charge on any atom is 0.236 e. The number of amides is 1. The number of Topliss-reactive ketones (excluding diaryl/α,β-unsaturated/α-hetero) is 1. The van der Waals surface area contributed by atoms with Gasteiger partial charge in [-0.3, -0.25) is 9.59 Å². The molecule has 1 amide bonds. The van der Waals surface area contributed by atoms with Crippen molar-refractivity contribution >= 4 is 11.7 Å². The molecule has 1 heterocycles. The van der Waals surface area contributed by atoms with E-state index in [0.29, 0.717) is 12.5 Å². The van der Waals surface area contributed by atoms with E-state index in [0.717, 1.165) is 12.8 Å². The van der Waals surface area contributed by atoms with Gasteiger partial charge in [0.2, 0.25) is 5.91 Å². The van der Waals surface area contributed by atoms with E-state index in [2.05, 4.69) is 6.92 Å². The normalized spacial score (nSPS) is 26.6. The van der Waals surface area contributed by atoms with E-state index in [9.17, 15) is 9.59 Å². The standard InChI is InChI=1S/C10H18N2O2/c1-3-8-4-5-12(9(14)6-11)10(8)7(2)13/h8,10H,3-6,11H2,1-2H3/t8-,10-/m1/s1. The number of ketones is 1. The topological polar surface area (TPSA) is 63.4 Å². The Kier molecular flexibility index (Phi) is 3.63. The minimum Gasteiger partial charge on any atom is -0.331 e. The van der Waals surface area contributed by atoms with E-state index in [1.165, 1.54) is 0 Å². The van der Waals surface area contributed by atoms with Gasteiger partial charge in [0.05, 0.1) is 12.6 Å². The molecule has 0 unspecified atom stereocenters. The van der Waals surface area contributed by atoms with Crippen molar-refractivity contribution in [3.63, 3.8) is 0 Å². The summed E-state index contributed by atoms with van der Waals surface area (Å²) >= 11 is 0. The third-order valence-corrected chi connectivity index (χ3v) is 2.96. The van der Waals surface area contributed by atoms with Crippen molar-refractivity contribution in [2.24, 2.45) is 11.7 Å². The van der Waals surface area contributed by atoms with E-state index in [1.807, 2.05) is 0 Å². The predicted octanol–water partition coefficient (Wildman–Crippen LogP) is 0.161. The number of nitrogens with zero attached hydrogens (tertiary/aromatic N) is 1. The molecule has 1 aliphatic heterocycles. The monoisotopic (exact) mass is 198 g/mol. The molecule has 4 heteroatoms. The molecule has 0 aromatic carbocycles. The predicted molar refractivity (Wildman–Crippen MR) is 53.6 cm³/mol. The van der Waals surface area contributed by atoms with E-state index in [1.54, 1.807) is 11.8 Å². The molecule has 2 N–H and O–H groups in total. The molecular formula is C10H18N2O2. The van der Waals surface area contributed by atoms with Gasteiger partial charge in [-0.25, -0.2) is 0 Å². The van der Waals surface area contributed by atoms with Crippen molar-refractivity contribution in [2.45, 2.75) is 32.7 Å². The van der Waals surface area contributed by atoms with E-state index in [-0.39, 0.29) is 24.3 Å². The first kappa shape index (κ1) is 11.2. The maximum absolute atomic E-state index is 11.4. The molecule has 0 bridgehead atoms. The molecule has 1 fully saturated rings. The molecule has 0 aliphatic carbocycles. The minimum absolute atomic E-state index is 0.000213. The zero-order chi connectivity index (χ0) is 10.7. The van der Waals surface area contributed by atoms with E-state index in [4.69, 9.17) is 5.73 Å². The largest absolute Gasteiger partial charge is 0.331 e. The number of carbonyl (C=O) groups excluding carboxylic acids is 2. The van der Waals surface area contributed by atoms with Crippen LogP contribution in [0.5, 0.6) is 0 Å². The molecule has 14 heavy (non-hydrogen) atoms. The van der Waals surface area contributed by atoms with Crippen molar-refractivity contribution in [1.82, 2.24) is 4.90 Å². The quantitative estimate of drug-likeness (QED) is 0.702. The van der Waals surface area contributed by atoms with Gasteiger partial charge in [-0.2, -0.15) is 0 Å². The second-order valence-electron chi connectivity index (χ2n) is 3.80. The van der Waals surface area contributed by atoms with Crippen molar-refractivity contribution < 1.29 is 9.59 Å². The van der Waals surface area contributed by atoms with Crippen LogP contribution in [0, 0.1) is 5.92 Å². The first-order valence-corrected chi connectivity index (χ1v) is 5.11. The smallest absolute Gasteiger partial charge is 0.236 e. The first-order chi connectivity index (χ1) is 6.61. The first-order valence-electron chi connectivity index (χ1n) is 5.11. The highest BCUT2D eigenvalue weighted by Crippen LogP contribution is 2.27. The summed E-state index contributed by atoms with van der Waals surface area (Å²) in [5.41, 5.74) is 5.30. The SMILES string of the molecule is CC[C@@H]1CCN(C(=O)CN)[C@@H]1C(C)=O. The molecule has 0 spiro atoms. The lowest BCUT2D eigenvalue weighted by atomic mass is 9.95. The highest BCUT2D eigenvalue weighted by Gasteiger charge is 2.38. The second kappa shape index (κ2) is 4.55. The van der Waals surface area contributed by atoms with Crippen LogP contribution in [-0.2, 0) is 9.59 Å². The summed E-state index contributed by atoms with van der Waals surface area (Å²) in [5.74, 6) is 0.292. The molecule has 0 radical (unpaired) electrons. The average Bonchev–Trinajstić information content (AvgIpc) is 2.59. The van der Waals surface area contributed by atoms with Gasteiger partial charge in [-0.1, -0.05) is 13.3 Å². The molecule has 0 aromatic heterocycles. The van der Waals surface area contributed by atoms with Gasteiger partial charge >= 0.3 is 0 Å². The Labute approximate surface area is 84.4 Å². The van der Waals surface area contributed by atoms with Crippen LogP contribution in [0.2, 0.25) is 0 Å². The van der Waals surface area contributed by atoms with Gasteiger partial charge in [0, 0.05) is 6.54 Å². The van der Waals surface area contributed by atoms with Crippen LogP contribution in [0.1, 0.15) is 26.7 Å². The van der Waals surface area contributed by atoms with Gasteiger partial charge in [0.15, 0.2) is 5.78 Å². The molecule has 1 aliphatic rings. The molecule has 1 saturated heterocycles. The summed E-state index contributed by atoms with van der Waals surface area (Å²) in [6.45, 7) is 4.28. The Bertz CT molecular complexity index is 240. The molecule has 0 saturated carbocycles. The Morgan fingerprint density at radius 2 is 2.14 bits per heavy atom. The number of likely N-dealkylation sites (tertiary alicyclic amines) is 1. The minimum atomic E-state index is -0.226. The summed E-state index contributed by atoms with van der Waals surface area (Å²) in [4.78, 5) is 24.5. The average molecular weight is 198 g/mol. The molecule has 0 aromatic rings. The zero-order valence-corrected chi connectivity index (χ0v) is 8.82. The Morgan fingerprint density at radius 1 is 1.50 bits per heavy atom. The Morgan fingerprint density at radius 3 is 2.57 bits per heavy atom. The molecule has 4 nitrogen and oxygen atoms in total. The third kappa shape index (κ3) is 1.95. The van der Waals surface area contributed by atoms with E-state index >= 15 is 0 Å². The lowest BCUT2D eigenvalue weighted by molar-refractivity contribution is -0.136. The summed E-state index contributed by atoms with van der Waals surface area (Å²) in [7, 11) is 0. The molecule has 2 atom stereocenters. The molecule has 80 valence electrons. The van der Waals surface area contributed by atoms with Crippen LogP contribution < -0.4 is 5.73 Å². The fourth-order valence-electron chi connectivity index (χ4n) is 2.23.